The first-order valence-corrected chi connectivity index (χ1v) is 9.19. The predicted molar refractivity (Wildman–Crippen MR) is 103 cm³/mol. The van der Waals surface area contributed by atoms with Gasteiger partial charge < -0.3 is 5.32 Å². The van der Waals surface area contributed by atoms with Crippen LogP contribution in [0.2, 0.25) is 5.02 Å². The molecule has 0 spiro atoms. The molecule has 4 rings (SSSR count). The van der Waals surface area contributed by atoms with E-state index in [4.69, 9.17) is 16.6 Å². The van der Waals surface area contributed by atoms with E-state index in [0.29, 0.717) is 29.1 Å². The van der Waals surface area contributed by atoms with Crippen molar-refractivity contribution in [1.82, 2.24) is 10.3 Å². The second kappa shape index (κ2) is 6.57. The first-order valence-electron chi connectivity index (χ1n) is 8.81. The number of aromatic nitrogens is 1. The molecular formula is C21H19ClFN3O. The van der Waals surface area contributed by atoms with Gasteiger partial charge in [-0.2, -0.15) is 0 Å². The standard InChI is InChI=1S/C21H19ClFN3O/c1-21(2)10-16-18(17(27)11-21)19(13-7-6-12(23)9-14(13)22)26-20(25-16)15-5-3-4-8-24-15/h3-9,19H,10-11H2,1-2H3,(H,25,26). The summed E-state index contributed by atoms with van der Waals surface area (Å²) in [5.41, 5.74) is 2.61. The summed E-state index contributed by atoms with van der Waals surface area (Å²) in [4.78, 5) is 22.1. The van der Waals surface area contributed by atoms with Crippen LogP contribution in [0.4, 0.5) is 4.39 Å². The lowest BCUT2D eigenvalue weighted by molar-refractivity contribution is -0.118. The number of nitrogens with zero attached hydrogens (tertiary/aromatic N) is 2. The number of amidine groups is 1. The van der Waals surface area contributed by atoms with Crippen LogP contribution in [0.3, 0.4) is 0 Å². The smallest absolute Gasteiger partial charge is 0.163 e. The molecule has 0 fully saturated rings. The number of pyridine rings is 1. The first kappa shape index (κ1) is 17.9. The molecule has 27 heavy (non-hydrogen) atoms. The van der Waals surface area contributed by atoms with Crippen LogP contribution in [0.15, 0.2) is 58.9 Å². The van der Waals surface area contributed by atoms with Crippen molar-refractivity contribution in [3.8, 4) is 0 Å². The molecule has 1 N–H and O–H groups in total. The molecule has 138 valence electrons. The molecule has 4 nitrogen and oxygen atoms in total. The summed E-state index contributed by atoms with van der Waals surface area (Å²) < 4.78 is 13.5. The summed E-state index contributed by atoms with van der Waals surface area (Å²) in [6.45, 7) is 4.14. The van der Waals surface area contributed by atoms with E-state index in [9.17, 15) is 9.18 Å². The van der Waals surface area contributed by atoms with Crippen molar-refractivity contribution in [3.63, 3.8) is 0 Å². The quantitative estimate of drug-likeness (QED) is 0.824. The number of carbonyl (C=O) groups excluding carboxylic acids is 1. The Labute approximate surface area is 162 Å². The number of aliphatic imine (C=N–C) groups is 1. The second-order valence-corrected chi connectivity index (χ2v) is 8.13. The highest BCUT2D eigenvalue weighted by Gasteiger charge is 2.40. The van der Waals surface area contributed by atoms with Crippen molar-refractivity contribution in [2.45, 2.75) is 32.7 Å². The molecule has 2 aromatic rings. The van der Waals surface area contributed by atoms with E-state index >= 15 is 0 Å². The summed E-state index contributed by atoms with van der Waals surface area (Å²) in [5, 5.41) is 3.58. The van der Waals surface area contributed by atoms with Gasteiger partial charge in [-0.25, -0.2) is 4.39 Å². The summed E-state index contributed by atoms with van der Waals surface area (Å²) in [7, 11) is 0. The SMILES string of the molecule is CC1(C)CC(=O)C2=C(C1)NC(c1ccccn1)=NC2c1ccc(F)cc1Cl. The van der Waals surface area contributed by atoms with Crippen molar-refractivity contribution >= 4 is 23.2 Å². The summed E-state index contributed by atoms with van der Waals surface area (Å²) >= 11 is 6.31. The van der Waals surface area contributed by atoms with Gasteiger partial charge in [0.2, 0.25) is 0 Å². The summed E-state index contributed by atoms with van der Waals surface area (Å²) in [5.74, 6) is 0.213. The zero-order valence-electron chi connectivity index (χ0n) is 15.1. The van der Waals surface area contributed by atoms with E-state index in [1.165, 1.54) is 12.1 Å². The van der Waals surface area contributed by atoms with Crippen molar-refractivity contribution in [1.29, 1.82) is 0 Å². The molecule has 1 aromatic heterocycles. The average Bonchev–Trinajstić information content (AvgIpc) is 2.60. The Balaban J connectivity index is 1.87. The lowest BCUT2D eigenvalue weighted by atomic mass is 9.73. The number of benzene rings is 1. The first-order chi connectivity index (χ1) is 12.8. The average molecular weight is 384 g/mol. The third-order valence-electron chi connectivity index (χ3n) is 4.89. The van der Waals surface area contributed by atoms with Crippen LogP contribution in [0.1, 0.15) is 44.0 Å². The van der Waals surface area contributed by atoms with E-state index in [1.54, 1.807) is 12.3 Å². The third kappa shape index (κ3) is 3.39. The molecule has 0 saturated heterocycles. The van der Waals surface area contributed by atoms with Gasteiger partial charge in [0.05, 0.1) is 0 Å². The van der Waals surface area contributed by atoms with E-state index in [1.807, 2.05) is 18.2 Å². The zero-order valence-corrected chi connectivity index (χ0v) is 15.8. The highest BCUT2D eigenvalue weighted by Crippen LogP contribution is 2.44. The Kier molecular flexibility index (Phi) is 4.35. The second-order valence-electron chi connectivity index (χ2n) is 7.72. The van der Waals surface area contributed by atoms with Crippen molar-refractivity contribution in [2.75, 3.05) is 0 Å². The molecular weight excluding hydrogens is 365 g/mol. The fraction of sp³-hybridized carbons (Fsp3) is 0.286. The molecule has 2 heterocycles. The molecule has 1 aliphatic heterocycles. The predicted octanol–water partition coefficient (Wildman–Crippen LogP) is 4.61. The van der Waals surface area contributed by atoms with Crippen LogP contribution in [0.25, 0.3) is 0 Å². The Morgan fingerprint density at radius 1 is 1.22 bits per heavy atom. The van der Waals surface area contributed by atoms with E-state index in [2.05, 4.69) is 24.1 Å². The lowest BCUT2D eigenvalue weighted by Gasteiger charge is -2.37. The number of ketones is 1. The maximum absolute atomic E-state index is 13.5. The van der Waals surface area contributed by atoms with Gasteiger partial charge in [-0.05, 0) is 36.1 Å². The number of carbonyl (C=O) groups is 1. The summed E-state index contributed by atoms with van der Waals surface area (Å²) in [6, 6.07) is 9.20. The Hall–Kier alpha value is -2.53. The monoisotopic (exact) mass is 383 g/mol. The van der Waals surface area contributed by atoms with Crippen molar-refractivity contribution < 1.29 is 9.18 Å². The normalized spacial score (nSPS) is 21.4. The van der Waals surface area contributed by atoms with Crippen LogP contribution < -0.4 is 5.32 Å². The maximum atomic E-state index is 13.5. The molecule has 2 aliphatic rings. The van der Waals surface area contributed by atoms with Crippen molar-refractivity contribution in [2.24, 2.45) is 10.4 Å². The Morgan fingerprint density at radius 3 is 2.74 bits per heavy atom. The van der Waals surface area contributed by atoms with Gasteiger partial charge in [-0.15, -0.1) is 0 Å². The number of allylic oxidation sites excluding steroid dienone is 1. The van der Waals surface area contributed by atoms with Gasteiger partial charge in [-0.3, -0.25) is 14.8 Å². The fourth-order valence-electron chi connectivity index (χ4n) is 3.71. The molecule has 6 heteroatoms. The maximum Gasteiger partial charge on any atom is 0.163 e. The Bertz CT molecular complexity index is 982. The largest absolute Gasteiger partial charge is 0.342 e. The highest BCUT2D eigenvalue weighted by atomic mass is 35.5. The highest BCUT2D eigenvalue weighted by molar-refractivity contribution is 6.31. The van der Waals surface area contributed by atoms with E-state index < -0.39 is 11.9 Å². The minimum absolute atomic E-state index is 0.0444. The van der Waals surface area contributed by atoms with Crippen LogP contribution in [0, 0.1) is 11.2 Å². The zero-order chi connectivity index (χ0) is 19.2. The molecule has 0 bridgehead atoms. The van der Waals surface area contributed by atoms with Gasteiger partial charge in [0, 0.05) is 34.5 Å². The minimum Gasteiger partial charge on any atom is -0.342 e. The number of hydrogen-bond acceptors (Lipinski definition) is 4. The van der Waals surface area contributed by atoms with Crippen LogP contribution >= 0.6 is 11.6 Å². The number of rotatable bonds is 2. The molecule has 0 radical (unpaired) electrons. The van der Waals surface area contributed by atoms with Gasteiger partial charge >= 0.3 is 0 Å². The number of nitrogens with one attached hydrogen (secondary N) is 1. The topological polar surface area (TPSA) is 54.4 Å². The van der Waals surface area contributed by atoms with Crippen molar-refractivity contribution in [3.05, 3.63) is 76.0 Å². The molecule has 1 aliphatic carbocycles. The number of Topliss-reactive ketones (excluding diaryl/α,β-unsaturated/α-hetero) is 1. The molecule has 1 unspecified atom stereocenters. The lowest BCUT2D eigenvalue weighted by Crippen LogP contribution is -2.39. The van der Waals surface area contributed by atoms with Gasteiger partial charge in [0.1, 0.15) is 17.6 Å². The van der Waals surface area contributed by atoms with Gasteiger partial charge in [-0.1, -0.05) is 37.6 Å². The summed E-state index contributed by atoms with van der Waals surface area (Å²) in [6.07, 6.45) is 2.85. The minimum atomic E-state index is -0.574. The fourth-order valence-corrected chi connectivity index (χ4v) is 3.98. The van der Waals surface area contributed by atoms with Crippen LogP contribution in [-0.2, 0) is 4.79 Å². The molecule has 1 aromatic carbocycles. The van der Waals surface area contributed by atoms with Crippen LogP contribution in [0.5, 0.6) is 0 Å². The van der Waals surface area contributed by atoms with E-state index in [0.717, 1.165) is 12.1 Å². The molecule has 0 amide bonds. The third-order valence-corrected chi connectivity index (χ3v) is 5.21. The molecule has 1 atom stereocenters. The van der Waals surface area contributed by atoms with Gasteiger partial charge in [0.15, 0.2) is 11.6 Å². The van der Waals surface area contributed by atoms with E-state index in [-0.39, 0.29) is 16.2 Å². The number of hydrogen-bond donors (Lipinski definition) is 1. The Morgan fingerprint density at radius 2 is 2.04 bits per heavy atom. The van der Waals surface area contributed by atoms with Crippen LogP contribution in [-0.4, -0.2) is 16.6 Å². The number of halogens is 2. The van der Waals surface area contributed by atoms with Gasteiger partial charge in [0.25, 0.3) is 0 Å². The molecule has 0 saturated carbocycles.